The number of methoxy groups -OCH3 is 1. The summed E-state index contributed by atoms with van der Waals surface area (Å²) in [6.45, 7) is 3.19. The number of sulfonamides is 1. The van der Waals surface area contributed by atoms with Crippen LogP contribution in [0.3, 0.4) is 0 Å². The molecule has 0 aliphatic heterocycles. The maximum atomic E-state index is 12.0. The van der Waals surface area contributed by atoms with E-state index in [0.29, 0.717) is 25.3 Å². The monoisotopic (exact) mass is 276 g/mol. The lowest BCUT2D eigenvalue weighted by Gasteiger charge is -2.11. The summed E-state index contributed by atoms with van der Waals surface area (Å²) in [4.78, 5) is 0. The van der Waals surface area contributed by atoms with Crippen LogP contribution in [0.5, 0.6) is 0 Å². The average molecular weight is 276 g/mol. The SMILES string of the molecule is CNCc1cn[nH]c1S(=O)(=O)NCC(C)COC. The molecule has 7 nitrogen and oxygen atoms in total. The Balaban J connectivity index is 2.71. The second kappa shape index (κ2) is 6.83. The molecular weight excluding hydrogens is 256 g/mol. The van der Waals surface area contributed by atoms with Crippen molar-refractivity contribution in [2.24, 2.45) is 5.92 Å². The molecular formula is C10H20N4O3S. The van der Waals surface area contributed by atoms with Gasteiger partial charge in [-0.25, -0.2) is 13.1 Å². The molecule has 0 saturated carbocycles. The van der Waals surface area contributed by atoms with E-state index in [-0.39, 0.29) is 10.9 Å². The molecule has 1 atom stereocenters. The lowest BCUT2D eigenvalue weighted by atomic mass is 10.2. The molecule has 1 aromatic rings. The molecule has 18 heavy (non-hydrogen) atoms. The summed E-state index contributed by atoms with van der Waals surface area (Å²) >= 11 is 0. The normalized spacial score (nSPS) is 13.7. The van der Waals surface area contributed by atoms with Gasteiger partial charge < -0.3 is 10.1 Å². The van der Waals surface area contributed by atoms with Gasteiger partial charge in [-0.2, -0.15) is 5.10 Å². The maximum absolute atomic E-state index is 12.0. The first-order valence-corrected chi connectivity index (χ1v) is 7.15. The van der Waals surface area contributed by atoms with E-state index in [0.717, 1.165) is 0 Å². The lowest BCUT2D eigenvalue weighted by molar-refractivity contribution is 0.161. The largest absolute Gasteiger partial charge is 0.384 e. The molecule has 1 unspecified atom stereocenters. The van der Waals surface area contributed by atoms with Gasteiger partial charge in [0.1, 0.15) is 0 Å². The molecule has 0 bridgehead atoms. The van der Waals surface area contributed by atoms with Gasteiger partial charge in [-0.1, -0.05) is 6.92 Å². The smallest absolute Gasteiger partial charge is 0.257 e. The molecule has 104 valence electrons. The van der Waals surface area contributed by atoms with Crippen molar-refractivity contribution in [3.63, 3.8) is 0 Å². The number of aromatic amines is 1. The summed E-state index contributed by atoms with van der Waals surface area (Å²) in [5.41, 5.74) is 0.615. The molecule has 0 radical (unpaired) electrons. The highest BCUT2D eigenvalue weighted by Gasteiger charge is 2.20. The Kier molecular flexibility index (Phi) is 5.73. The van der Waals surface area contributed by atoms with E-state index in [9.17, 15) is 8.42 Å². The molecule has 8 heteroatoms. The first-order chi connectivity index (χ1) is 8.51. The van der Waals surface area contributed by atoms with Crippen LogP contribution in [-0.4, -0.2) is 45.9 Å². The van der Waals surface area contributed by atoms with Crippen molar-refractivity contribution >= 4 is 10.0 Å². The zero-order valence-electron chi connectivity index (χ0n) is 10.9. The van der Waals surface area contributed by atoms with Crippen molar-refractivity contribution in [2.75, 3.05) is 27.3 Å². The van der Waals surface area contributed by atoms with Crippen molar-refractivity contribution in [3.8, 4) is 0 Å². The van der Waals surface area contributed by atoms with E-state index in [1.807, 2.05) is 6.92 Å². The molecule has 0 fully saturated rings. The zero-order valence-corrected chi connectivity index (χ0v) is 11.7. The van der Waals surface area contributed by atoms with Crippen LogP contribution in [0.2, 0.25) is 0 Å². The van der Waals surface area contributed by atoms with E-state index < -0.39 is 10.0 Å². The Morgan fingerprint density at radius 3 is 2.89 bits per heavy atom. The highest BCUT2D eigenvalue weighted by Crippen LogP contribution is 2.11. The van der Waals surface area contributed by atoms with Crippen molar-refractivity contribution in [1.29, 1.82) is 0 Å². The van der Waals surface area contributed by atoms with Crippen molar-refractivity contribution < 1.29 is 13.2 Å². The van der Waals surface area contributed by atoms with Gasteiger partial charge in [0.05, 0.1) is 6.20 Å². The van der Waals surface area contributed by atoms with Crippen molar-refractivity contribution in [2.45, 2.75) is 18.5 Å². The fraction of sp³-hybridized carbons (Fsp3) is 0.700. The van der Waals surface area contributed by atoms with Gasteiger partial charge in [-0.05, 0) is 13.0 Å². The molecule has 1 heterocycles. The van der Waals surface area contributed by atoms with E-state index >= 15 is 0 Å². The second-order valence-electron chi connectivity index (χ2n) is 4.17. The minimum absolute atomic E-state index is 0.112. The Morgan fingerprint density at radius 1 is 1.56 bits per heavy atom. The summed E-state index contributed by atoms with van der Waals surface area (Å²) in [6, 6.07) is 0. The lowest BCUT2D eigenvalue weighted by Crippen LogP contribution is -2.31. The standard InChI is InChI=1S/C10H20N4O3S/c1-8(7-17-3)4-13-18(15,16)10-9(5-11-2)6-12-14-10/h6,8,11,13H,4-5,7H2,1-3H3,(H,12,14). The van der Waals surface area contributed by atoms with Crippen LogP contribution >= 0.6 is 0 Å². The first kappa shape index (κ1) is 15.1. The van der Waals surface area contributed by atoms with Crippen LogP contribution < -0.4 is 10.0 Å². The molecule has 0 aromatic carbocycles. The molecule has 3 N–H and O–H groups in total. The molecule has 0 aliphatic carbocycles. The number of aromatic nitrogens is 2. The third-order valence-corrected chi connectivity index (χ3v) is 3.82. The van der Waals surface area contributed by atoms with Crippen molar-refractivity contribution in [3.05, 3.63) is 11.8 Å². The average Bonchev–Trinajstić information content (AvgIpc) is 2.77. The molecule has 0 aliphatic rings. The van der Waals surface area contributed by atoms with E-state index in [4.69, 9.17) is 4.74 Å². The zero-order chi connectivity index (χ0) is 13.6. The number of H-pyrrole nitrogens is 1. The minimum Gasteiger partial charge on any atom is -0.384 e. The summed E-state index contributed by atoms with van der Waals surface area (Å²) in [5, 5.41) is 9.28. The van der Waals surface area contributed by atoms with Crippen LogP contribution in [0.1, 0.15) is 12.5 Å². The molecule has 0 spiro atoms. The molecule has 1 rings (SSSR count). The summed E-state index contributed by atoms with van der Waals surface area (Å²) in [5.74, 6) is 0.112. The van der Waals surface area contributed by atoms with E-state index in [2.05, 4.69) is 20.2 Å². The maximum Gasteiger partial charge on any atom is 0.257 e. The highest BCUT2D eigenvalue weighted by atomic mass is 32.2. The Labute approximate surface area is 107 Å². The summed E-state index contributed by atoms with van der Waals surface area (Å²) in [7, 11) is -0.211. The van der Waals surface area contributed by atoms with E-state index in [1.165, 1.54) is 6.20 Å². The third-order valence-electron chi connectivity index (χ3n) is 2.39. The topological polar surface area (TPSA) is 96.1 Å². The number of nitrogens with one attached hydrogen (secondary N) is 3. The van der Waals surface area contributed by atoms with Crippen LogP contribution in [0.25, 0.3) is 0 Å². The first-order valence-electron chi connectivity index (χ1n) is 5.66. The van der Waals surface area contributed by atoms with Gasteiger partial charge in [-0.3, -0.25) is 5.10 Å². The third kappa shape index (κ3) is 4.05. The molecule has 0 saturated heterocycles. The predicted octanol–water partition coefficient (Wildman–Crippen LogP) is -0.310. The van der Waals surface area contributed by atoms with Gasteiger partial charge in [0.15, 0.2) is 5.03 Å². The fourth-order valence-corrected chi connectivity index (χ4v) is 2.81. The van der Waals surface area contributed by atoms with Crippen molar-refractivity contribution in [1.82, 2.24) is 20.2 Å². The number of hydrogen-bond acceptors (Lipinski definition) is 5. The second-order valence-corrected chi connectivity index (χ2v) is 5.87. The summed E-state index contributed by atoms with van der Waals surface area (Å²) < 4.78 is 31.6. The van der Waals surface area contributed by atoms with E-state index in [1.54, 1.807) is 14.2 Å². The van der Waals surface area contributed by atoms with Crippen LogP contribution in [-0.2, 0) is 21.3 Å². The van der Waals surface area contributed by atoms with Gasteiger partial charge in [0, 0.05) is 32.4 Å². The van der Waals surface area contributed by atoms with Gasteiger partial charge in [0.25, 0.3) is 10.0 Å². The molecule has 0 amide bonds. The number of hydrogen-bond donors (Lipinski definition) is 3. The van der Waals surface area contributed by atoms with Gasteiger partial charge in [0.2, 0.25) is 0 Å². The predicted molar refractivity (Wildman–Crippen MR) is 67.6 cm³/mol. The van der Waals surface area contributed by atoms with Crippen LogP contribution in [0, 0.1) is 5.92 Å². The number of rotatable bonds is 8. The fourth-order valence-electron chi connectivity index (χ4n) is 1.52. The summed E-state index contributed by atoms with van der Waals surface area (Å²) in [6.07, 6.45) is 1.50. The highest BCUT2D eigenvalue weighted by molar-refractivity contribution is 7.89. The number of nitrogens with zero attached hydrogens (tertiary/aromatic N) is 1. The van der Waals surface area contributed by atoms with Crippen LogP contribution in [0.15, 0.2) is 11.2 Å². The van der Waals surface area contributed by atoms with Gasteiger partial charge in [-0.15, -0.1) is 0 Å². The quantitative estimate of drug-likeness (QED) is 0.605. The Bertz CT molecular complexity index is 457. The minimum atomic E-state index is -3.55. The molecule has 1 aromatic heterocycles. The van der Waals surface area contributed by atoms with Gasteiger partial charge >= 0.3 is 0 Å². The Hall–Kier alpha value is -0.960. The number of ether oxygens (including phenoxy) is 1. The van der Waals surface area contributed by atoms with Crippen LogP contribution in [0.4, 0.5) is 0 Å². The Morgan fingerprint density at radius 2 is 2.28 bits per heavy atom.